The van der Waals surface area contributed by atoms with Gasteiger partial charge in [0.1, 0.15) is 5.92 Å². The first kappa shape index (κ1) is 15.0. The van der Waals surface area contributed by atoms with Gasteiger partial charge in [-0.05, 0) is 52.8 Å². The van der Waals surface area contributed by atoms with Gasteiger partial charge in [0.25, 0.3) is 0 Å². The Morgan fingerprint density at radius 1 is 1.25 bits per heavy atom. The van der Waals surface area contributed by atoms with Crippen molar-refractivity contribution < 1.29 is 4.79 Å². The summed E-state index contributed by atoms with van der Waals surface area (Å²) in [7, 11) is 0. The van der Waals surface area contributed by atoms with E-state index in [-0.39, 0.29) is 5.78 Å². The van der Waals surface area contributed by atoms with E-state index in [1.807, 2.05) is 19.1 Å². The number of benzene rings is 2. The van der Waals surface area contributed by atoms with Crippen molar-refractivity contribution in [3.8, 4) is 6.07 Å². The van der Waals surface area contributed by atoms with Gasteiger partial charge in [-0.1, -0.05) is 41.9 Å². The van der Waals surface area contributed by atoms with Gasteiger partial charge in [-0.2, -0.15) is 5.26 Å². The van der Waals surface area contributed by atoms with Crippen molar-refractivity contribution in [1.29, 1.82) is 5.26 Å². The zero-order chi connectivity index (χ0) is 14.7. The lowest BCUT2D eigenvalue weighted by molar-refractivity contribution is 0.0978. The quantitative estimate of drug-likeness (QED) is 0.556. The van der Waals surface area contributed by atoms with Gasteiger partial charge in [0, 0.05) is 14.2 Å². The van der Waals surface area contributed by atoms with Crippen molar-refractivity contribution in [3.63, 3.8) is 0 Å². The van der Waals surface area contributed by atoms with Crippen LogP contribution in [0.4, 0.5) is 0 Å². The molecule has 100 valence electrons. The standard InChI is InChI=1S/C16H11ClINO/c1-10-3-2-4-13(15(10)18)16(20)14(9-19)11-5-7-12(17)8-6-11/h2-8,14H,1H3. The largest absolute Gasteiger partial charge is 0.292 e. The lowest BCUT2D eigenvalue weighted by Crippen LogP contribution is -2.13. The second kappa shape index (κ2) is 6.38. The van der Waals surface area contributed by atoms with E-state index in [2.05, 4.69) is 28.7 Å². The van der Waals surface area contributed by atoms with Crippen molar-refractivity contribution >= 4 is 40.0 Å². The molecule has 0 saturated heterocycles. The molecule has 0 fully saturated rings. The molecule has 0 aliphatic carbocycles. The molecule has 0 saturated carbocycles. The minimum atomic E-state index is -0.803. The normalized spacial score (nSPS) is 11.7. The minimum absolute atomic E-state index is 0.178. The number of ketones is 1. The summed E-state index contributed by atoms with van der Waals surface area (Å²) < 4.78 is 0.893. The molecule has 0 aromatic heterocycles. The molecule has 4 heteroatoms. The number of carbonyl (C=O) groups excluding carboxylic acids is 1. The van der Waals surface area contributed by atoms with Gasteiger partial charge in [-0.25, -0.2) is 0 Å². The second-order valence-electron chi connectivity index (χ2n) is 4.41. The van der Waals surface area contributed by atoms with Crippen molar-refractivity contribution in [1.82, 2.24) is 0 Å². The molecule has 0 aliphatic heterocycles. The molecule has 2 rings (SSSR count). The highest BCUT2D eigenvalue weighted by Crippen LogP contribution is 2.26. The average Bonchev–Trinajstić information content (AvgIpc) is 2.44. The average molecular weight is 396 g/mol. The first-order chi connectivity index (χ1) is 9.54. The third kappa shape index (κ3) is 3.02. The Kier molecular flexibility index (Phi) is 4.79. The van der Waals surface area contributed by atoms with E-state index in [9.17, 15) is 10.1 Å². The number of halogens is 2. The Morgan fingerprint density at radius 2 is 1.90 bits per heavy atom. The molecule has 0 N–H and O–H groups in total. The molecular weight excluding hydrogens is 385 g/mol. The summed E-state index contributed by atoms with van der Waals surface area (Å²) >= 11 is 7.98. The van der Waals surface area contributed by atoms with Gasteiger partial charge >= 0.3 is 0 Å². The Labute approximate surface area is 136 Å². The third-order valence-electron chi connectivity index (χ3n) is 3.05. The first-order valence-corrected chi connectivity index (χ1v) is 7.44. The molecule has 2 aromatic carbocycles. The summed E-state index contributed by atoms with van der Waals surface area (Å²) in [6.07, 6.45) is 0. The zero-order valence-corrected chi connectivity index (χ0v) is 13.6. The van der Waals surface area contributed by atoms with E-state index >= 15 is 0 Å². The van der Waals surface area contributed by atoms with Gasteiger partial charge < -0.3 is 0 Å². The Balaban J connectivity index is 2.42. The maximum absolute atomic E-state index is 12.6. The van der Waals surface area contributed by atoms with E-state index in [1.165, 1.54) is 0 Å². The van der Waals surface area contributed by atoms with E-state index in [0.29, 0.717) is 16.1 Å². The molecule has 0 radical (unpaired) electrons. The number of nitriles is 1. The van der Waals surface area contributed by atoms with Crippen LogP contribution in [0.2, 0.25) is 5.02 Å². The van der Waals surface area contributed by atoms with Crippen LogP contribution in [0, 0.1) is 21.8 Å². The van der Waals surface area contributed by atoms with Crippen LogP contribution in [0.1, 0.15) is 27.4 Å². The van der Waals surface area contributed by atoms with Crippen LogP contribution in [0.25, 0.3) is 0 Å². The van der Waals surface area contributed by atoms with Crippen molar-refractivity contribution in [2.75, 3.05) is 0 Å². The van der Waals surface area contributed by atoms with Crippen LogP contribution < -0.4 is 0 Å². The van der Waals surface area contributed by atoms with Gasteiger partial charge in [0.2, 0.25) is 0 Å². The fourth-order valence-electron chi connectivity index (χ4n) is 1.93. The van der Waals surface area contributed by atoms with Gasteiger partial charge in [-0.3, -0.25) is 4.79 Å². The summed E-state index contributed by atoms with van der Waals surface area (Å²) in [5.41, 5.74) is 2.29. The predicted molar refractivity (Wildman–Crippen MR) is 88.0 cm³/mol. The second-order valence-corrected chi connectivity index (χ2v) is 5.93. The van der Waals surface area contributed by atoms with Crippen LogP contribution in [-0.4, -0.2) is 5.78 Å². The number of hydrogen-bond acceptors (Lipinski definition) is 2. The molecule has 0 bridgehead atoms. The molecule has 1 unspecified atom stereocenters. The van der Waals surface area contributed by atoms with Crippen LogP contribution in [0.3, 0.4) is 0 Å². The molecular formula is C16H11ClINO. The fraction of sp³-hybridized carbons (Fsp3) is 0.125. The minimum Gasteiger partial charge on any atom is -0.292 e. The zero-order valence-electron chi connectivity index (χ0n) is 10.7. The number of Topliss-reactive ketones (excluding diaryl/α,β-unsaturated/α-hetero) is 1. The van der Waals surface area contributed by atoms with Gasteiger partial charge in [0.05, 0.1) is 6.07 Å². The summed E-state index contributed by atoms with van der Waals surface area (Å²) in [6.45, 7) is 1.95. The maximum Gasteiger partial charge on any atom is 0.185 e. The fourth-order valence-corrected chi connectivity index (χ4v) is 2.68. The lowest BCUT2D eigenvalue weighted by atomic mass is 9.91. The SMILES string of the molecule is Cc1cccc(C(=O)C(C#N)c2ccc(Cl)cc2)c1I. The van der Waals surface area contributed by atoms with Gasteiger partial charge in [-0.15, -0.1) is 0 Å². The summed E-state index contributed by atoms with van der Waals surface area (Å²) in [5, 5.41) is 9.92. The monoisotopic (exact) mass is 395 g/mol. The molecule has 0 spiro atoms. The maximum atomic E-state index is 12.6. The van der Waals surface area contributed by atoms with Crippen LogP contribution >= 0.6 is 34.2 Å². The van der Waals surface area contributed by atoms with Crippen LogP contribution in [0.15, 0.2) is 42.5 Å². The summed E-state index contributed by atoms with van der Waals surface area (Å²) in [5.74, 6) is -0.981. The smallest absolute Gasteiger partial charge is 0.185 e. The van der Waals surface area contributed by atoms with E-state index in [1.54, 1.807) is 30.3 Å². The molecule has 0 heterocycles. The molecule has 0 aliphatic rings. The lowest BCUT2D eigenvalue weighted by Gasteiger charge is -2.11. The molecule has 2 nitrogen and oxygen atoms in total. The van der Waals surface area contributed by atoms with E-state index in [0.717, 1.165) is 9.13 Å². The van der Waals surface area contributed by atoms with Crippen molar-refractivity contribution in [2.45, 2.75) is 12.8 Å². The van der Waals surface area contributed by atoms with E-state index < -0.39 is 5.92 Å². The number of nitrogens with zero attached hydrogens (tertiary/aromatic N) is 1. The Hall–Kier alpha value is -1.38. The predicted octanol–water partition coefficient (Wildman–Crippen LogP) is 4.74. The third-order valence-corrected chi connectivity index (χ3v) is 4.74. The molecule has 1 atom stereocenters. The van der Waals surface area contributed by atoms with Crippen molar-refractivity contribution in [2.24, 2.45) is 0 Å². The first-order valence-electron chi connectivity index (χ1n) is 5.99. The summed E-state index contributed by atoms with van der Waals surface area (Å²) in [4.78, 5) is 12.6. The molecule has 0 amide bonds. The highest BCUT2D eigenvalue weighted by Gasteiger charge is 2.23. The highest BCUT2D eigenvalue weighted by molar-refractivity contribution is 14.1. The number of carbonyl (C=O) groups is 1. The summed E-state index contributed by atoms with van der Waals surface area (Å²) in [6, 6.07) is 14.4. The van der Waals surface area contributed by atoms with Crippen LogP contribution in [-0.2, 0) is 0 Å². The Bertz CT molecular complexity index is 689. The van der Waals surface area contributed by atoms with Crippen LogP contribution in [0.5, 0.6) is 0 Å². The van der Waals surface area contributed by atoms with Gasteiger partial charge in [0.15, 0.2) is 5.78 Å². The Morgan fingerprint density at radius 3 is 2.50 bits per heavy atom. The highest BCUT2D eigenvalue weighted by atomic mass is 127. The number of rotatable bonds is 3. The van der Waals surface area contributed by atoms with E-state index in [4.69, 9.17) is 11.6 Å². The molecule has 20 heavy (non-hydrogen) atoms. The molecule has 2 aromatic rings. The topological polar surface area (TPSA) is 40.9 Å². The number of hydrogen-bond donors (Lipinski definition) is 0. The van der Waals surface area contributed by atoms with Crippen molar-refractivity contribution in [3.05, 3.63) is 67.7 Å². The number of aryl methyl sites for hydroxylation is 1.